The molecule has 2 aliphatic rings. The first kappa shape index (κ1) is 17.0. The minimum atomic E-state index is -0.283. The van der Waals surface area contributed by atoms with Crippen LogP contribution in [0.4, 0.5) is 0 Å². The van der Waals surface area contributed by atoms with Gasteiger partial charge in [-0.15, -0.1) is 24.0 Å². The molecule has 3 aromatic rings. The first-order valence-corrected chi connectivity index (χ1v) is 8.63. The van der Waals surface area contributed by atoms with Gasteiger partial charge in [0.2, 0.25) is 0 Å². The van der Waals surface area contributed by atoms with E-state index >= 15 is 0 Å². The Balaban J connectivity index is 0.00000168. The molecule has 0 aromatic heterocycles. The molecule has 0 fully saturated rings. The van der Waals surface area contributed by atoms with Gasteiger partial charge in [-0.2, -0.15) is 0 Å². The molecule has 0 amide bonds. The van der Waals surface area contributed by atoms with Crippen molar-refractivity contribution in [3.63, 3.8) is 0 Å². The van der Waals surface area contributed by atoms with E-state index < -0.39 is 0 Å². The Morgan fingerprint density at radius 1 is 0.577 bits per heavy atom. The highest BCUT2D eigenvalue weighted by Crippen LogP contribution is 2.61. The molecule has 0 saturated carbocycles. The summed E-state index contributed by atoms with van der Waals surface area (Å²) >= 11 is 0. The first-order chi connectivity index (χ1) is 12.3. The molecule has 5 rings (SSSR count). The van der Waals surface area contributed by atoms with Crippen LogP contribution in [0.2, 0.25) is 0 Å². The largest absolute Gasteiger partial charge is 0.107 e. The van der Waals surface area contributed by atoms with E-state index in [0.717, 1.165) is 0 Å². The van der Waals surface area contributed by atoms with Gasteiger partial charge in [-0.1, -0.05) is 98.1 Å². The molecule has 3 aromatic carbocycles. The zero-order valence-corrected chi connectivity index (χ0v) is 16.7. The van der Waals surface area contributed by atoms with E-state index in [1.807, 2.05) is 12.2 Å². The average Bonchev–Trinajstić information content (AvgIpc) is 3.14. The van der Waals surface area contributed by atoms with Gasteiger partial charge in [0.05, 0.1) is 5.41 Å². The molecule has 0 radical (unpaired) electrons. The summed E-state index contributed by atoms with van der Waals surface area (Å²) in [6.07, 6.45) is 4.00. The van der Waals surface area contributed by atoms with Gasteiger partial charge in [0, 0.05) is 0 Å². The Kier molecular flexibility index (Phi) is 4.00. The molecule has 0 N–H and O–H groups in total. The number of hydrogen-bond acceptors (Lipinski definition) is 0. The number of allylic oxidation sites excluding steroid dienone is 4. The van der Waals surface area contributed by atoms with E-state index in [1.165, 1.54) is 44.5 Å². The number of rotatable bonds is 2. The van der Waals surface area contributed by atoms with Crippen LogP contribution in [0.5, 0.6) is 0 Å². The Morgan fingerprint density at radius 2 is 1.00 bits per heavy atom. The fraction of sp³-hybridized carbons (Fsp3) is 0.0400. The summed E-state index contributed by atoms with van der Waals surface area (Å²) < 4.78 is 0. The van der Waals surface area contributed by atoms with Gasteiger partial charge >= 0.3 is 0 Å². The topological polar surface area (TPSA) is 0 Å². The molecule has 0 bridgehead atoms. The van der Waals surface area contributed by atoms with Crippen molar-refractivity contribution in [2.75, 3.05) is 0 Å². The SMILES string of the molecule is C=CC1=C(C=C)C2(c3ccccc31)c1ccccc1-c1ccccc12.I. The standard InChI is InChI=1S/C25H18.HI/c1-3-17-18-11-5-8-14-22(18)25(21(17)4-2)23-15-9-6-12-19(23)20-13-7-10-16-24(20)25;/h3-16H,1-2H2;1H. The normalized spacial score (nSPS) is 15.1. The Hall–Kier alpha value is -2.39. The van der Waals surface area contributed by atoms with Gasteiger partial charge in [0.1, 0.15) is 0 Å². The number of fused-ring (bicyclic) bond motifs is 7. The maximum Gasteiger partial charge on any atom is 0.0725 e. The highest BCUT2D eigenvalue weighted by molar-refractivity contribution is 14.0. The summed E-state index contributed by atoms with van der Waals surface area (Å²) in [5.41, 5.74) is 10.1. The zero-order valence-electron chi connectivity index (χ0n) is 14.4. The van der Waals surface area contributed by atoms with E-state index in [1.54, 1.807) is 0 Å². The Labute approximate surface area is 171 Å². The van der Waals surface area contributed by atoms with E-state index in [2.05, 4.69) is 86.0 Å². The molecule has 0 heterocycles. The third-order valence-corrected chi connectivity index (χ3v) is 5.68. The van der Waals surface area contributed by atoms with Crippen molar-refractivity contribution in [2.24, 2.45) is 0 Å². The fourth-order valence-electron chi connectivity index (χ4n) is 4.84. The quantitative estimate of drug-likeness (QED) is 0.382. The highest BCUT2D eigenvalue weighted by Gasteiger charge is 2.51. The summed E-state index contributed by atoms with van der Waals surface area (Å²) in [7, 11) is 0. The monoisotopic (exact) mass is 446 g/mol. The lowest BCUT2D eigenvalue weighted by atomic mass is 9.69. The Morgan fingerprint density at radius 3 is 1.46 bits per heavy atom. The van der Waals surface area contributed by atoms with Crippen LogP contribution < -0.4 is 0 Å². The van der Waals surface area contributed by atoms with Crippen LogP contribution in [0.25, 0.3) is 16.7 Å². The molecule has 2 aliphatic carbocycles. The van der Waals surface area contributed by atoms with E-state index in [4.69, 9.17) is 0 Å². The predicted octanol–water partition coefficient (Wildman–Crippen LogP) is 6.76. The van der Waals surface area contributed by atoms with Crippen LogP contribution >= 0.6 is 24.0 Å². The van der Waals surface area contributed by atoms with E-state index in [0.29, 0.717) is 0 Å². The minimum Gasteiger partial charge on any atom is -0.107 e. The minimum absolute atomic E-state index is 0. The summed E-state index contributed by atoms with van der Waals surface area (Å²) in [4.78, 5) is 0. The van der Waals surface area contributed by atoms with Gasteiger partial charge in [0.15, 0.2) is 0 Å². The molecule has 0 aliphatic heterocycles. The van der Waals surface area contributed by atoms with Gasteiger partial charge in [-0.25, -0.2) is 0 Å². The van der Waals surface area contributed by atoms with Crippen molar-refractivity contribution in [3.8, 4) is 11.1 Å². The third-order valence-electron chi connectivity index (χ3n) is 5.68. The molecule has 0 saturated heterocycles. The van der Waals surface area contributed by atoms with Crippen LogP contribution in [0.1, 0.15) is 22.3 Å². The second-order valence-corrected chi connectivity index (χ2v) is 6.62. The van der Waals surface area contributed by atoms with E-state index in [9.17, 15) is 0 Å². The van der Waals surface area contributed by atoms with Gasteiger partial charge in [-0.3, -0.25) is 0 Å². The van der Waals surface area contributed by atoms with Crippen molar-refractivity contribution in [3.05, 3.63) is 126 Å². The lowest BCUT2D eigenvalue weighted by molar-refractivity contribution is 0.787. The van der Waals surface area contributed by atoms with Gasteiger partial charge in [0.25, 0.3) is 0 Å². The van der Waals surface area contributed by atoms with Crippen molar-refractivity contribution < 1.29 is 0 Å². The lowest BCUT2D eigenvalue weighted by Crippen LogP contribution is -2.26. The molecular weight excluding hydrogens is 427 g/mol. The summed E-state index contributed by atoms with van der Waals surface area (Å²) in [5.74, 6) is 0. The molecule has 1 spiro atoms. The number of halogens is 1. The van der Waals surface area contributed by atoms with Gasteiger partial charge < -0.3 is 0 Å². The first-order valence-electron chi connectivity index (χ1n) is 8.63. The predicted molar refractivity (Wildman–Crippen MR) is 121 cm³/mol. The van der Waals surface area contributed by atoms with Gasteiger partial charge in [-0.05, 0) is 44.5 Å². The van der Waals surface area contributed by atoms with Crippen LogP contribution in [0.15, 0.2) is 104 Å². The van der Waals surface area contributed by atoms with Crippen LogP contribution in [0, 0.1) is 0 Å². The summed E-state index contributed by atoms with van der Waals surface area (Å²) in [6.45, 7) is 8.28. The Bertz CT molecular complexity index is 1040. The van der Waals surface area contributed by atoms with Crippen molar-refractivity contribution >= 4 is 29.5 Å². The molecule has 0 nitrogen and oxygen atoms in total. The highest BCUT2D eigenvalue weighted by atomic mass is 127. The third kappa shape index (κ3) is 1.84. The maximum absolute atomic E-state index is 4.18. The molecule has 26 heavy (non-hydrogen) atoms. The number of hydrogen-bond donors (Lipinski definition) is 0. The van der Waals surface area contributed by atoms with Crippen LogP contribution in [-0.4, -0.2) is 0 Å². The number of benzene rings is 3. The molecular formula is C25H19I. The smallest absolute Gasteiger partial charge is 0.0725 e. The fourth-order valence-corrected chi connectivity index (χ4v) is 4.84. The van der Waals surface area contributed by atoms with Crippen molar-refractivity contribution in [2.45, 2.75) is 5.41 Å². The molecule has 0 atom stereocenters. The lowest BCUT2D eigenvalue weighted by Gasteiger charge is -2.31. The van der Waals surface area contributed by atoms with Crippen LogP contribution in [0.3, 0.4) is 0 Å². The zero-order chi connectivity index (χ0) is 17.0. The molecule has 126 valence electrons. The molecule has 1 heteroatoms. The van der Waals surface area contributed by atoms with Crippen molar-refractivity contribution in [1.29, 1.82) is 0 Å². The average molecular weight is 446 g/mol. The summed E-state index contributed by atoms with van der Waals surface area (Å²) in [6, 6.07) is 26.2. The van der Waals surface area contributed by atoms with E-state index in [-0.39, 0.29) is 29.4 Å². The van der Waals surface area contributed by atoms with Crippen molar-refractivity contribution in [1.82, 2.24) is 0 Å². The second kappa shape index (κ2) is 6.10. The van der Waals surface area contributed by atoms with Crippen LogP contribution in [-0.2, 0) is 5.41 Å². The molecule has 0 unspecified atom stereocenters. The second-order valence-electron chi connectivity index (χ2n) is 6.62. The maximum atomic E-state index is 4.18. The summed E-state index contributed by atoms with van der Waals surface area (Å²) in [5, 5.41) is 0.